The van der Waals surface area contributed by atoms with Crippen molar-refractivity contribution in [2.75, 3.05) is 33.4 Å². The molecule has 88 valence electrons. The van der Waals surface area contributed by atoms with Gasteiger partial charge in [0.2, 0.25) is 5.91 Å². The lowest BCUT2D eigenvalue weighted by atomic mass is 10.4. The second-order valence-electron chi connectivity index (χ2n) is 3.89. The number of carbonyl (C=O) groups is 1. The summed E-state index contributed by atoms with van der Waals surface area (Å²) in [4.78, 5) is 22.9. The van der Waals surface area contributed by atoms with Crippen molar-refractivity contribution in [1.82, 2.24) is 19.8 Å². The van der Waals surface area contributed by atoms with E-state index in [2.05, 4.69) is 9.97 Å². The van der Waals surface area contributed by atoms with Crippen molar-refractivity contribution in [2.45, 2.75) is 6.54 Å². The Bertz CT molecular complexity index is 349. The Kier molecular flexibility index (Phi) is 4.19. The number of anilines is 1. The van der Waals surface area contributed by atoms with E-state index >= 15 is 0 Å². The molecule has 0 spiro atoms. The van der Waals surface area contributed by atoms with Crippen LogP contribution in [-0.2, 0) is 11.3 Å². The zero-order valence-electron chi connectivity index (χ0n) is 9.84. The van der Waals surface area contributed by atoms with Gasteiger partial charge in [0, 0.05) is 20.6 Å². The molecule has 0 aliphatic heterocycles. The fraction of sp³-hybridized carbons (Fsp3) is 0.500. The van der Waals surface area contributed by atoms with Gasteiger partial charge in [-0.05, 0) is 7.05 Å². The van der Waals surface area contributed by atoms with Gasteiger partial charge in [0.05, 0.1) is 24.6 Å². The predicted molar refractivity (Wildman–Crippen MR) is 61.5 cm³/mol. The lowest BCUT2D eigenvalue weighted by molar-refractivity contribution is -0.129. The number of hydrogen-bond donors (Lipinski definition) is 1. The van der Waals surface area contributed by atoms with Crippen LogP contribution in [0.3, 0.4) is 0 Å². The third-order valence-electron chi connectivity index (χ3n) is 2.06. The van der Waals surface area contributed by atoms with Gasteiger partial charge in [-0.3, -0.25) is 14.7 Å². The van der Waals surface area contributed by atoms with Gasteiger partial charge in [0.1, 0.15) is 5.82 Å². The minimum absolute atomic E-state index is 0.0610. The molecule has 0 saturated carbocycles. The van der Waals surface area contributed by atoms with Crippen LogP contribution in [0.5, 0.6) is 0 Å². The predicted octanol–water partition coefficient (Wildman–Crippen LogP) is -0.421. The lowest BCUT2D eigenvalue weighted by Crippen LogP contribution is -2.34. The number of carbonyl (C=O) groups excluding carboxylic acids is 1. The number of likely N-dealkylation sites (N-methyl/N-ethyl adjacent to an activating group) is 2. The number of hydrogen-bond acceptors (Lipinski definition) is 5. The molecule has 6 nitrogen and oxygen atoms in total. The molecule has 0 bridgehead atoms. The SMILES string of the molecule is CN(CC(=O)N(C)C)Cc1cnc(N)cn1. The van der Waals surface area contributed by atoms with Gasteiger partial charge in [-0.15, -0.1) is 0 Å². The fourth-order valence-corrected chi connectivity index (χ4v) is 1.15. The first-order valence-electron chi connectivity index (χ1n) is 4.94. The summed E-state index contributed by atoms with van der Waals surface area (Å²) in [7, 11) is 5.33. The lowest BCUT2D eigenvalue weighted by Gasteiger charge is -2.18. The molecule has 0 fully saturated rings. The first-order chi connectivity index (χ1) is 7.49. The van der Waals surface area contributed by atoms with E-state index in [0.29, 0.717) is 18.9 Å². The molecular formula is C10H17N5O. The highest BCUT2D eigenvalue weighted by atomic mass is 16.2. The second kappa shape index (κ2) is 5.41. The van der Waals surface area contributed by atoms with Gasteiger partial charge in [-0.2, -0.15) is 0 Å². The van der Waals surface area contributed by atoms with Crippen molar-refractivity contribution in [2.24, 2.45) is 0 Å². The van der Waals surface area contributed by atoms with Crippen LogP contribution in [0.25, 0.3) is 0 Å². The van der Waals surface area contributed by atoms with Crippen molar-refractivity contribution >= 4 is 11.7 Å². The van der Waals surface area contributed by atoms with E-state index in [1.807, 2.05) is 11.9 Å². The molecule has 1 aromatic rings. The van der Waals surface area contributed by atoms with Crippen LogP contribution in [0.15, 0.2) is 12.4 Å². The molecule has 1 rings (SSSR count). The number of aromatic nitrogens is 2. The van der Waals surface area contributed by atoms with Crippen LogP contribution in [0, 0.1) is 0 Å². The Balaban J connectivity index is 2.48. The van der Waals surface area contributed by atoms with Crippen molar-refractivity contribution in [3.8, 4) is 0 Å². The summed E-state index contributed by atoms with van der Waals surface area (Å²) in [5, 5.41) is 0. The van der Waals surface area contributed by atoms with E-state index in [1.165, 1.54) is 6.20 Å². The van der Waals surface area contributed by atoms with E-state index in [9.17, 15) is 4.79 Å². The highest BCUT2D eigenvalue weighted by molar-refractivity contribution is 5.77. The normalized spacial score (nSPS) is 10.5. The van der Waals surface area contributed by atoms with E-state index in [4.69, 9.17) is 5.73 Å². The second-order valence-corrected chi connectivity index (χ2v) is 3.89. The smallest absolute Gasteiger partial charge is 0.236 e. The molecule has 0 radical (unpaired) electrons. The molecule has 6 heteroatoms. The van der Waals surface area contributed by atoms with E-state index < -0.39 is 0 Å². The van der Waals surface area contributed by atoms with Crippen LogP contribution in [0.2, 0.25) is 0 Å². The van der Waals surface area contributed by atoms with Gasteiger partial charge in [0.25, 0.3) is 0 Å². The minimum atomic E-state index is 0.0610. The van der Waals surface area contributed by atoms with Crippen molar-refractivity contribution in [3.63, 3.8) is 0 Å². The average molecular weight is 223 g/mol. The Hall–Kier alpha value is -1.69. The van der Waals surface area contributed by atoms with Gasteiger partial charge >= 0.3 is 0 Å². The standard InChI is InChI=1S/C10H17N5O/c1-14(2)10(16)7-15(3)6-8-4-13-9(11)5-12-8/h4-5H,6-7H2,1-3H3,(H2,11,13). The van der Waals surface area contributed by atoms with E-state index in [-0.39, 0.29) is 5.91 Å². The van der Waals surface area contributed by atoms with Crippen LogP contribution in [0.4, 0.5) is 5.82 Å². The average Bonchev–Trinajstić information content (AvgIpc) is 2.21. The molecule has 0 unspecified atom stereocenters. The summed E-state index contributed by atoms with van der Waals surface area (Å²) in [6.45, 7) is 0.936. The maximum atomic E-state index is 11.4. The van der Waals surface area contributed by atoms with Crippen LogP contribution in [-0.4, -0.2) is 53.4 Å². The quantitative estimate of drug-likeness (QED) is 0.750. The molecule has 16 heavy (non-hydrogen) atoms. The number of amides is 1. The zero-order valence-corrected chi connectivity index (χ0v) is 9.84. The van der Waals surface area contributed by atoms with Crippen molar-refractivity contribution in [3.05, 3.63) is 18.1 Å². The van der Waals surface area contributed by atoms with Gasteiger partial charge in [0.15, 0.2) is 0 Å². The highest BCUT2D eigenvalue weighted by Crippen LogP contribution is 2.00. The molecule has 1 amide bonds. The summed E-state index contributed by atoms with van der Waals surface area (Å²) in [5.41, 5.74) is 6.22. The minimum Gasteiger partial charge on any atom is -0.382 e. The van der Waals surface area contributed by atoms with Crippen LogP contribution < -0.4 is 5.73 Å². The maximum Gasteiger partial charge on any atom is 0.236 e. The monoisotopic (exact) mass is 223 g/mol. The third kappa shape index (κ3) is 3.82. The molecule has 0 aliphatic rings. The Morgan fingerprint density at radius 3 is 2.50 bits per heavy atom. The van der Waals surface area contributed by atoms with Gasteiger partial charge < -0.3 is 10.6 Å². The summed E-state index contributed by atoms with van der Waals surface area (Å²) in [5.74, 6) is 0.460. The van der Waals surface area contributed by atoms with E-state index in [0.717, 1.165) is 5.69 Å². The van der Waals surface area contributed by atoms with Gasteiger partial charge in [-0.25, -0.2) is 4.98 Å². The van der Waals surface area contributed by atoms with Crippen molar-refractivity contribution in [1.29, 1.82) is 0 Å². The summed E-state index contributed by atoms with van der Waals surface area (Å²) >= 11 is 0. The van der Waals surface area contributed by atoms with Crippen LogP contribution >= 0.6 is 0 Å². The van der Waals surface area contributed by atoms with Crippen molar-refractivity contribution < 1.29 is 4.79 Å². The summed E-state index contributed by atoms with van der Waals surface area (Å²) < 4.78 is 0. The summed E-state index contributed by atoms with van der Waals surface area (Å²) in [6.07, 6.45) is 3.13. The Morgan fingerprint density at radius 2 is 2.00 bits per heavy atom. The van der Waals surface area contributed by atoms with E-state index in [1.54, 1.807) is 25.2 Å². The molecule has 0 saturated heterocycles. The molecule has 2 N–H and O–H groups in total. The molecule has 0 aromatic carbocycles. The number of nitrogens with two attached hydrogens (primary N) is 1. The maximum absolute atomic E-state index is 11.4. The fourth-order valence-electron chi connectivity index (χ4n) is 1.15. The Labute approximate surface area is 95.1 Å². The Morgan fingerprint density at radius 1 is 1.31 bits per heavy atom. The molecule has 0 aliphatic carbocycles. The number of rotatable bonds is 4. The highest BCUT2D eigenvalue weighted by Gasteiger charge is 2.09. The number of nitrogen functional groups attached to an aromatic ring is 1. The molecular weight excluding hydrogens is 206 g/mol. The van der Waals surface area contributed by atoms with Crippen LogP contribution in [0.1, 0.15) is 5.69 Å². The topological polar surface area (TPSA) is 75.4 Å². The first kappa shape index (κ1) is 12.4. The molecule has 1 aromatic heterocycles. The summed E-state index contributed by atoms with van der Waals surface area (Å²) in [6, 6.07) is 0. The largest absolute Gasteiger partial charge is 0.382 e. The molecule has 0 atom stereocenters. The molecule has 1 heterocycles. The number of nitrogens with zero attached hydrogens (tertiary/aromatic N) is 4. The zero-order chi connectivity index (χ0) is 12.1. The van der Waals surface area contributed by atoms with Gasteiger partial charge in [-0.1, -0.05) is 0 Å². The third-order valence-corrected chi connectivity index (χ3v) is 2.06. The first-order valence-corrected chi connectivity index (χ1v) is 4.94.